The lowest BCUT2D eigenvalue weighted by atomic mass is 10.1. The zero-order valence-corrected chi connectivity index (χ0v) is 17.5. The van der Waals surface area contributed by atoms with Crippen LogP contribution in [0.2, 0.25) is 10.0 Å². The normalized spacial score (nSPS) is 12.4. The van der Waals surface area contributed by atoms with Crippen molar-refractivity contribution in [2.75, 3.05) is 17.1 Å². The summed E-state index contributed by atoms with van der Waals surface area (Å²) < 4.78 is 25.5. The highest BCUT2D eigenvalue weighted by atomic mass is 35.5. The number of sulfonamides is 1. The standard InChI is InChI=1S/C19H22Cl2N2O3S/c1-14(23(27(2,25)26)18-7-3-6-17(21)13-18)19(24)22-12-4-5-15-8-10-16(20)11-9-15/h3,6-11,13-14H,4-5,12H2,1-2H3,(H,22,24)/t14-/m0/s1. The van der Waals surface area contributed by atoms with Gasteiger partial charge in [-0.05, 0) is 55.7 Å². The van der Waals surface area contributed by atoms with Crippen LogP contribution in [-0.4, -0.2) is 33.2 Å². The molecule has 5 nitrogen and oxygen atoms in total. The first kappa shape index (κ1) is 21.5. The second-order valence-corrected chi connectivity index (χ2v) is 8.97. The molecule has 0 aliphatic carbocycles. The van der Waals surface area contributed by atoms with Crippen molar-refractivity contribution < 1.29 is 13.2 Å². The minimum absolute atomic E-state index is 0.355. The molecule has 0 spiro atoms. The average Bonchev–Trinajstić information content (AvgIpc) is 2.59. The smallest absolute Gasteiger partial charge is 0.243 e. The number of benzene rings is 2. The molecule has 0 saturated carbocycles. The van der Waals surface area contributed by atoms with Gasteiger partial charge in [-0.1, -0.05) is 41.4 Å². The Morgan fingerprint density at radius 2 is 1.78 bits per heavy atom. The van der Waals surface area contributed by atoms with E-state index in [9.17, 15) is 13.2 Å². The van der Waals surface area contributed by atoms with E-state index < -0.39 is 16.1 Å². The Hall–Kier alpha value is -1.76. The van der Waals surface area contributed by atoms with Gasteiger partial charge in [-0.25, -0.2) is 8.42 Å². The Kier molecular flexibility index (Phi) is 7.53. The minimum Gasteiger partial charge on any atom is -0.354 e. The monoisotopic (exact) mass is 428 g/mol. The van der Waals surface area contributed by atoms with Crippen molar-refractivity contribution in [3.63, 3.8) is 0 Å². The Labute approximate surface area is 170 Å². The van der Waals surface area contributed by atoms with Crippen LogP contribution in [0.4, 0.5) is 5.69 Å². The van der Waals surface area contributed by atoms with Crippen molar-refractivity contribution in [3.05, 3.63) is 64.1 Å². The van der Waals surface area contributed by atoms with Gasteiger partial charge in [0.2, 0.25) is 15.9 Å². The maximum atomic E-state index is 12.5. The molecule has 0 aliphatic rings. The molecule has 1 amide bonds. The van der Waals surface area contributed by atoms with E-state index in [1.54, 1.807) is 25.1 Å². The predicted octanol–water partition coefficient (Wildman–Crippen LogP) is 3.90. The molecule has 8 heteroatoms. The Morgan fingerprint density at radius 3 is 2.37 bits per heavy atom. The molecular formula is C19H22Cl2N2O3S. The van der Waals surface area contributed by atoms with Crippen LogP contribution in [0.15, 0.2) is 48.5 Å². The second-order valence-electron chi connectivity index (χ2n) is 6.24. The van der Waals surface area contributed by atoms with Gasteiger partial charge in [0.25, 0.3) is 0 Å². The van der Waals surface area contributed by atoms with E-state index in [4.69, 9.17) is 23.2 Å². The molecule has 0 radical (unpaired) electrons. The van der Waals surface area contributed by atoms with Gasteiger partial charge in [0.1, 0.15) is 6.04 Å². The first-order chi connectivity index (χ1) is 12.7. The molecule has 0 fully saturated rings. The summed E-state index contributed by atoms with van der Waals surface area (Å²) in [7, 11) is -3.66. The van der Waals surface area contributed by atoms with Crippen LogP contribution < -0.4 is 9.62 Å². The van der Waals surface area contributed by atoms with Gasteiger partial charge >= 0.3 is 0 Å². The zero-order valence-electron chi connectivity index (χ0n) is 15.2. The van der Waals surface area contributed by atoms with Gasteiger partial charge in [0.15, 0.2) is 0 Å². The highest BCUT2D eigenvalue weighted by Crippen LogP contribution is 2.24. The van der Waals surface area contributed by atoms with Crippen molar-refractivity contribution in [3.8, 4) is 0 Å². The number of anilines is 1. The van der Waals surface area contributed by atoms with Crippen LogP contribution in [0.25, 0.3) is 0 Å². The second kappa shape index (κ2) is 9.44. The molecular weight excluding hydrogens is 407 g/mol. The van der Waals surface area contributed by atoms with E-state index in [-0.39, 0.29) is 5.91 Å². The molecule has 0 heterocycles. The minimum atomic E-state index is -3.66. The van der Waals surface area contributed by atoms with Crippen molar-refractivity contribution in [1.29, 1.82) is 0 Å². The van der Waals surface area contributed by atoms with Gasteiger partial charge in [-0.2, -0.15) is 0 Å². The summed E-state index contributed by atoms with van der Waals surface area (Å²) in [6.45, 7) is 2.00. The number of rotatable bonds is 8. The molecule has 2 aromatic rings. The quantitative estimate of drug-likeness (QED) is 0.648. The van der Waals surface area contributed by atoms with Gasteiger partial charge in [0, 0.05) is 16.6 Å². The molecule has 0 aliphatic heterocycles. The lowest BCUT2D eigenvalue weighted by Gasteiger charge is -2.28. The summed E-state index contributed by atoms with van der Waals surface area (Å²) in [5.74, 6) is -0.364. The largest absolute Gasteiger partial charge is 0.354 e. The maximum absolute atomic E-state index is 12.5. The lowest BCUT2D eigenvalue weighted by Crippen LogP contribution is -2.48. The van der Waals surface area contributed by atoms with E-state index in [1.165, 1.54) is 6.07 Å². The summed E-state index contributed by atoms with van der Waals surface area (Å²) in [5, 5.41) is 3.88. The SMILES string of the molecule is C[C@@H](C(=O)NCCCc1ccc(Cl)cc1)N(c1cccc(Cl)c1)S(C)(=O)=O. The molecule has 0 aromatic heterocycles. The maximum Gasteiger partial charge on any atom is 0.243 e. The number of carbonyl (C=O) groups is 1. The molecule has 27 heavy (non-hydrogen) atoms. The summed E-state index contributed by atoms with van der Waals surface area (Å²) in [6.07, 6.45) is 2.59. The van der Waals surface area contributed by atoms with Crippen molar-refractivity contribution in [2.24, 2.45) is 0 Å². The number of halogens is 2. The van der Waals surface area contributed by atoms with E-state index in [0.717, 1.165) is 29.0 Å². The van der Waals surface area contributed by atoms with Crippen LogP contribution in [0.3, 0.4) is 0 Å². The molecule has 0 unspecified atom stereocenters. The van der Waals surface area contributed by atoms with Crippen LogP contribution in [0.1, 0.15) is 18.9 Å². The van der Waals surface area contributed by atoms with Crippen LogP contribution in [0.5, 0.6) is 0 Å². The van der Waals surface area contributed by atoms with Crippen molar-refractivity contribution in [2.45, 2.75) is 25.8 Å². The number of aryl methyl sites for hydroxylation is 1. The lowest BCUT2D eigenvalue weighted by molar-refractivity contribution is -0.121. The Balaban J connectivity index is 1.97. The van der Waals surface area contributed by atoms with Crippen LogP contribution >= 0.6 is 23.2 Å². The van der Waals surface area contributed by atoms with Gasteiger partial charge in [0.05, 0.1) is 11.9 Å². The molecule has 0 bridgehead atoms. The fraction of sp³-hybridized carbons (Fsp3) is 0.316. The number of hydrogen-bond donors (Lipinski definition) is 1. The number of amides is 1. The van der Waals surface area contributed by atoms with Crippen LogP contribution in [0, 0.1) is 0 Å². The fourth-order valence-electron chi connectivity index (χ4n) is 2.72. The Morgan fingerprint density at radius 1 is 1.11 bits per heavy atom. The number of carbonyl (C=O) groups excluding carboxylic acids is 1. The van der Waals surface area contributed by atoms with Gasteiger partial charge in [-0.15, -0.1) is 0 Å². The zero-order chi connectivity index (χ0) is 20.0. The fourth-order valence-corrected chi connectivity index (χ4v) is 4.20. The predicted molar refractivity (Wildman–Crippen MR) is 111 cm³/mol. The number of nitrogens with zero attached hydrogens (tertiary/aromatic N) is 1. The summed E-state index contributed by atoms with van der Waals surface area (Å²) >= 11 is 11.8. The van der Waals surface area contributed by atoms with E-state index in [1.807, 2.05) is 24.3 Å². The van der Waals surface area contributed by atoms with Gasteiger partial charge in [-0.3, -0.25) is 9.10 Å². The molecule has 1 atom stereocenters. The average molecular weight is 429 g/mol. The van der Waals surface area contributed by atoms with E-state index in [0.29, 0.717) is 22.3 Å². The summed E-state index contributed by atoms with van der Waals surface area (Å²) in [4.78, 5) is 12.5. The number of nitrogens with one attached hydrogen (secondary N) is 1. The van der Waals surface area contributed by atoms with E-state index in [2.05, 4.69) is 5.32 Å². The van der Waals surface area contributed by atoms with Crippen LogP contribution in [-0.2, 0) is 21.2 Å². The molecule has 1 N–H and O–H groups in total. The molecule has 2 rings (SSSR count). The first-order valence-corrected chi connectivity index (χ1v) is 11.1. The van der Waals surface area contributed by atoms with Gasteiger partial charge < -0.3 is 5.32 Å². The molecule has 146 valence electrons. The molecule has 2 aromatic carbocycles. The third kappa shape index (κ3) is 6.41. The topological polar surface area (TPSA) is 66.5 Å². The summed E-state index contributed by atoms with van der Waals surface area (Å²) in [5.41, 5.74) is 1.48. The first-order valence-electron chi connectivity index (χ1n) is 8.45. The van der Waals surface area contributed by atoms with Crippen molar-refractivity contribution >= 4 is 44.8 Å². The third-order valence-electron chi connectivity index (χ3n) is 4.01. The third-order valence-corrected chi connectivity index (χ3v) is 5.73. The number of hydrogen-bond acceptors (Lipinski definition) is 3. The molecule has 0 saturated heterocycles. The van der Waals surface area contributed by atoms with E-state index >= 15 is 0 Å². The summed E-state index contributed by atoms with van der Waals surface area (Å²) in [6, 6.07) is 13.1. The highest BCUT2D eigenvalue weighted by molar-refractivity contribution is 7.92. The Bertz CT molecular complexity index is 886. The van der Waals surface area contributed by atoms with Crippen molar-refractivity contribution in [1.82, 2.24) is 5.32 Å². The highest BCUT2D eigenvalue weighted by Gasteiger charge is 2.28.